The zero-order valence-electron chi connectivity index (χ0n) is 17.2. The summed E-state index contributed by atoms with van der Waals surface area (Å²) in [4.78, 5) is 13.1. The zero-order valence-corrected chi connectivity index (χ0v) is 17.2. The van der Waals surface area contributed by atoms with Gasteiger partial charge in [-0.1, -0.05) is 6.07 Å². The molecule has 0 spiro atoms. The fourth-order valence-corrected chi connectivity index (χ4v) is 3.44. The second kappa shape index (κ2) is 8.81. The molecule has 162 valence electrons. The molecule has 4 N–H and O–H groups in total. The summed E-state index contributed by atoms with van der Waals surface area (Å²) >= 11 is 0. The fourth-order valence-electron chi connectivity index (χ4n) is 3.44. The van der Waals surface area contributed by atoms with E-state index in [1.165, 1.54) is 0 Å². The molecule has 4 rings (SSSR count). The maximum atomic E-state index is 13.1. The van der Waals surface area contributed by atoms with Gasteiger partial charge < -0.3 is 25.1 Å². The van der Waals surface area contributed by atoms with Gasteiger partial charge in [-0.15, -0.1) is 0 Å². The highest BCUT2D eigenvalue weighted by molar-refractivity contribution is 5.90. The van der Waals surface area contributed by atoms with Gasteiger partial charge in [0.1, 0.15) is 22.7 Å². The van der Waals surface area contributed by atoms with Crippen molar-refractivity contribution in [3.8, 4) is 17.6 Å². The molecule has 0 unspecified atom stereocenters. The third kappa shape index (κ3) is 4.34. The smallest absolute Gasteiger partial charge is 0.200 e. The van der Waals surface area contributed by atoms with E-state index in [0.29, 0.717) is 51.8 Å². The van der Waals surface area contributed by atoms with Crippen LogP contribution in [0.5, 0.6) is 11.5 Å². The Kier molecular flexibility index (Phi) is 5.93. The summed E-state index contributed by atoms with van der Waals surface area (Å²) in [5.41, 5.74) is 6.98. The molecule has 7 heteroatoms. The summed E-state index contributed by atoms with van der Waals surface area (Å²) in [5, 5.41) is 28.5. The molecule has 0 fully saturated rings. The number of rotatable bonds is 7. The Bertz CT molecular complexity index is 1370. The van der Waals surface area contributed by atoms with Crippen molar-refractivity contribution in [2.75, 3.05) is 13.2 Å². The number of ether oxygens (including phenoxy) is 1. The number of hydrogen-bond acceptors (Lipinski definition) is 7. The van der Waals surface area contributed by atoms with Crippen molar-refractivity contribution in [1.82, 2.24) is 0 Å². The molecule has 0 saturated heterocycles. The van der Waals surface area contributed by atoms with E-state index >= 15 is 0 Å². The van der Waals surface area contributed by atoms with Crippen molar-refractivity contribution in [2.24, 2.45) is 5.73 Å². The van der Waals surface area contributed by atoms with E-state index in [0.717, 1.165) is 5.56 Å². The maximum Gasteiger partial charge on any atom is 0.200 e. The summed E-state index contributed by atoms with van der Waals surface area (Å²) in [6.07, 6.45) is 0.878. The van der Waals surface area contributed by atoms with Gasteiger partial charge in [-0.3, -0.25) is 4.79 Å². The lowest BCUT2D eigenvalue weighted by Gasteiger charge is -2.24. The lowest BCUT2D eigenvalue weighted by molar-refractivity contribution is 0.115. The Hall–Kier alpha value is -3.70. The Labute approximate surface area is 183 Å². The highest BCUT2D eigenvalue weighted by Crippen LogP contribution is 2.27. The average Bonchev–Trinajstić information content (AvgIpc) is 2.83. The van der Waals surface area contributed by atoms with Crippen LogP contribution >= 0.6 is 0 Å². The topological polar surface area (TPSA) is 130 Å². The van der Waals surface area contributed by atoms with Gasteiger partial charge >= 0.3 is 0 Å². The number of aryl methyl sites for hydroxylation is 1. The van der Waals surface area contributed by atoms with E-state index in [4.69, 9.17) is 20.1 Å². The quantitative estimate of drug-likeness (QED) is 0.384. The molecule has 4 aromatic rings. The first-order valence-corrected chi connectivity index (χ1v) is 10.1. The minimum atomic E-state index is -1.06. The van der Waals surface area contributed by atoms with Crippen LogP contribution in [0, 0.1) is 11.3 Å². The third-order valence-corrected chi connectivity index (χ3v) is 5.47. The Morgan fingerprint density at radius 2 is 1.66 bits per heavy atom. The average molecular weight is 430 g/mol. The van der Waals surface area contributed by atoms with Crippen LogP contribution in [-0.2, 0) is 6.42 Å². The van der Waals surface area contributed by atoms with Gasteiger partial charge in [-0.2, -0.15) is 5.26 Å². The van der Waals surface area contributed by atoms with Crippen LogP contribution in [0.4, 0.5) is 0 Å². The molecule has 32 heavy (non-hydrogen) atoms. The van der Waals surface area contributed by atoms with Crippen molar-refractivity contribution in [1.29, 1.82) is 5.26 Å². The summed E-state index contributed by atoms with van der Waals surface area (Å²) < 4.78 is 11.8. The molecular formula is C25H22N2O5. The molecule has 0 aliphatic carbocycles. The summed E-state index contributed by atoms with van der Waals surface area (Å²) in [5.74, 6) is 1.08. The number of nitriles is 1. The number of benzene rings is 3. The number of nitrogens with two attached hydrogens (primary N) is 1. The molecule has 3 aromatic carbocycles. The molecular weight excluding hydrogens is 408 g/mol. The molecule has 0 bridgehead atoms. The van der Waals surface area contributed by atoms with Crippen LogP contribution in [0.15, 0.2) is 69.9 Å². The van der Waals surface area contributed by atoms with E-state index in [-0.39, 0.29) is 18.6 Å². The van der Waals surface area contributed by atoms with Crippen LogP contribution in [0.2, 0.25) is 0 Å². The van der Waals surface area contributed by atoms with Gasteiger partial charge in [0.15, 0.2) is 0 Å². The fraction of sp³-hybridized carbons (Fsp3) is 0.200. The lowest BCUT2D eigenvalue weighted by Crippen LogP contribution is -2.47. The first-order chi connectivity index (χ1) is 15.4. The highest BCUT2D eigenvalue weighted by atomic mass is 16.5. The molecule has 0 atom stereocenters. The van der Waals surface area contributed by atoms with Crippen LogP contribution in [0.25, 0.3) is 21.9 Å². The molecule has 0 aliphatic heterocycles. The number of aliphatic hydroxyl groups excluding tert-OH is 2. The highest BCUT2D eigenvalue weighted by Gasteiger charge is 2.22. The molecule has 0 radical (unpaired) electrons. The van der Waals surface area contributed by atoms with Crippen LogP contribution in [0.3, 0.4) is 0 Å². The van der Waals surface area contributed by atoms with Gasteiger partial charge in [0.05, 0.1) is 41.2 Å². The van der Waals surface area contributed by atoms with Crippen LogP contribution in [-0.4, -0.2) is 29.0 Å². The molecule has 0 amide bonds. The molecule has 1 aromatic heterocycles. The van der Waals surface area contributed by atoms with E-state index in [1.807, 2.05) is 6.07 Å². The van der Waals surface area contributed by atoms with Crippen molar-refractivity contribution in [3.63, 3.8) is 0 Å². The molecule has 0 aliphatic rings. The first-order valence-electron chi connectivity index (χ1n) is 10.1. The number of fused-ring (bicyclic) bond motifs is 2. The number of aliphatic hydroxyl groups is 2. The van der Waals surface area contributed by atoms with Gasteiger partial charge in [0.25, 0.3) is 0 Å². The van der Waals surface area contributed by atoms with E-state index in [2.05, 4.69) is 6.07 Å². The van der Waals surface area contributed by atoms with E-state index in [1.54, 1.807) is 54.6 Å². The summed E-state index contributed by atoms with van der Waals surface area (Å²) in [7, 11) is 0. The predicted molar refractivity (Wildman–Crippen MR) is 121 cm³/mol. The Morgan fingerprint density at radius 3 is 2.34 bits per heavy atom. The Morgan fingerprint density at radius 1 is 0.938 bits per heavy atom. The predicted octanol–water partition coefficient (Wildman–Crippen LogP) is 3.22. The second-order valence-corrected chi connectivity index (χ2v) is 7.84. The standard InChI is InChI=1S/C25H22N2O5/c26-13-17-1-4-18(5-2-17)31-19-6-7-20-23(12-19)32-22-8-3-16(11-21(22)24(20)30)9-10-25(27,14-28)15-29/h1-8,11-12,28-29H,9-10,14-15,27H2. The van der Waals surface area contributed by atoms with Gasteiger partial charge in [-0.25, -0.2) is 0 Å². The first kappa shape index (κ1) is 21.5. The van der Waals surface area contributed by atoms with Gasteiger partial charge in [0.2, 0.25) is 5.43 Å². The largest absolute Gasteiger partial charge is 0.457 e. The zero-order chi connectivity index (χ0) is 22.7. The monoisotopic (exact) mass is 430 g/mol. The molecule has 0 saturated carbocycles. The minimum Gasteiger partial charge on any atom is -0.457 e. The van der Waals surface area contributed by atoms with Crippen LogP contribution < -0.4 is 15.9 Å². The minimum absolute atomic E-state index is 0.156. The molecule has 1 heterocycles. The second-order valence-electron chi connectivity index (χ2n) is 7.84. The van der Waals surface area contributed by atoms with Crippen LogP contribution in [0.1, 0.15) is 17.5 Å². The van der Waals surface area contributed by atoms with Gasteiger partial charge in [-0.05, 0) is 66.9 Å². The SMILES string of the molecule is N#Cc1ccc(Oc2ccc3c(=O)c4cc(CCC(N)(CO)CO)ccc4oc3c2)cc1. The van der Waals surface area contributed by atoms with Crippen molar-refractivity contribution < 1.29 is 19.4 Å². The molecule has 7 nitrogen and oxygen atoms in total. The normalized spacial score (nSPS) is 11.6. The third-order valence-electron chi connectivity index (χ3n) is 5.47. The van der Waals surface area contributed by atoms with Gasteiger partial charge in [0, 0.05) is 6.07 Å². The van der Waals surface area contributed by atoms with E-state index in [9.17, 15) is 15.0 Å². The number of hydrogen-bond donors (Lipinski definition) is 3. The Balaban J connectivity index is 1.64. The van der Waals surface area contributed by atoms with Crippen molar-refractivity contribution >= 4 is 21.9 Å². The summed E-state index contributed by atoms with van der Waals surface area (Å²) in [6, 6.07) is 19.1. The van der Waals surface area contributed by atoms with E-state index < -0.39 is 5.54 Å². The maximum absolute atomic E-state index is 13.1. The number of nitrogens with zero attached hydrogens (tertiary/aromatic N) is 1. The van der Waals surface area contributed by atoms with Crippen molar-refractivity contribution in [3.05, 3.63) is 82.0 Å². The summed E-state index contributed by atoms with van der Waals surface area (Å²) in [6.45, 7) is -0.645. The van der Waals surface area contributed by atoms with Crippen molar-refractivity contribution in [2.45, 2.75) is 18.4 Å². The lowest BCUT2D eigenvalue weighted by atomic mass is 9.93.